The summed E-state index contributed by atoms with van der Waals surface area (Å²) in [5.41, 5.74) is 0.796. The van der Waals surface area contributed by atoms with Crippen LogP contribution in [-0.2, 0) is 30.9 Å². The fourth-order valence-corrected chi connectivity index (χ4v) is 2.68. The Hall–Kier alpha value is -2.26. The van der Waals surface area contributed by atoms with E-state index in [9.17, 15) is 22.8 Å². The first kappa shape index (κ1) is 19.8. The van der Waals surface area contributed by atoms with Crippen LogP contribution in [0.3, 0.4) is 0 Å². The third kappa shape index (κ3) is 7.34. The predicted molar refractivity (Wildman–Crippen MR) is 84.9 cm³/mol. The monoisotopic (exact) mass is 357 g/mol. The van der Waals surface area contributed by atoms with Gasteiger partial charge in [-0.1, -0.05) is 37.3 Å². The Bertz CT molecular complexity index is 700. The number of aliphatic carboxylic acids is 1. The molecule has 8 nitrogen and oxygen atoms in total. The first-order valence-corrected chi connectivity index (χ1v) is 8.73. The molecule has 0 aliphatic heterocycles. The molecule has 0 bridgehead atoms. The number of benzene rings is 1. The average molecular weight is 357 g/mol. The molecule has 1 aromatic carbocycles. The summed E-state index contributed by atoms with van der Waals surface area (Å²) in [6, 6.07) is 7.14. The third-order valence-corrected chi connectivity index (χ3v) is 3.97. The summed E-state index contributed by atoms with van der Waals surface area (Å²) in [6.07, 6.45) is 0.0325. The first-order valence-electron chi connectivity index (χ1n) is 7.12. The Labute approximate surface area is 139 Å². The second-order valence-electron chi connectivity index (χ2n) is 5.45. The molecule has 2 atom stereocenters. The van der Waals surface area contributed by atoms with Gasteiger partial charge in [0.2, 0.25) is 5.91 Å². The number of amides is 1. The van der Waals surface area contributed by atoms with Crippen LogP contribution >= 0.6 is 0 Å². The number of carboxylic acid groups (broad SMARTS) is 1. The quantitative estimate of drug-likeness (QED) is 0.540. The third-order valence-electron chi connectivity index (χ3n) is 3.22. The number of ketones is 1. The lowest BCUT2D eigenvalue weighted by Crippen LogP contribution is -2.47. The average Bonchev–Trinajstić information content (AvgIpc) is 2.45. The topological polar surface area (TPSA) is 138 Å². The van der Waals surface area contributed by atoms with E-state index in [2.05, 4.69) is 0 Å². The van der Waals surface area contributed by atoms with E-state index < -0.39 is 39.7 Å². The summed E-state index contributed by atoms with van der Waals surface area (Å²) in [4.78, 5) is 34.8. The van der Waals surface area contributed by atoms with Crippen LogP contribution in [0.15, 0.2) is 30.3 Å². The first-order chi connectivity index (χ1) is 11.1. The normalized spacial score (nSPS) is 13.8. The van der Waals surface area contributed by atoms with E-state index >= 15 is 0 Å². The van der Waals surface area contributed by atoms with Gasteiger partial charge in [0.1, 0.15) is 17.6 Å². The van der Waals surface area contributed by atoms with Crippen molar-refractivity contribution in [3.63, 3.8) is 0 Å². The highest BCUT2D eigenvalue weighted by molar-refractivity contribution is 7.85. The lowest BCUT2D eigenvalue weighted by Gasteiger charge is -2.16. The largest absolute Gasteiger partial charge is 0.480 e. The molecular weight excluding hydrogens is 338 g/mol. The zero-order valence-electron chi connectivity index (χ0n) is 13.0. The van der Waals surface area contributed by atoms with Crippen molar-refractivity contribution >= 4 is 27.8 Å². The molecule has 0 saturated heterocycles. The van der Waals surface area contributed by atoms with Gasteiger partial charge < -0.3 is 10.4 Å². The second kappa shape index (κ2) is 8.55. The van der Waals surface area contributed by atoms with Crippen molar-refractivity contribution in [1.29, 1.82) is 0 Å². The maximum Gasteiger partial charge on any atom is 0.327 e. The smallest absolute Gasteiger partial charge is 0.327 e. The minimum Gasteiger partial charge on any atom is -0.480 e. The standard InChI is InChI=1S/C15H19NO7S/c1-10(7-12(17)8-11-5-3-2-4-6-11)14(18)16-13(15(19)20)9-24(21,22)23/h2-6,10,13H,7-9H2,1H3,(H,16,18)(H,19,20)(H,21,22,23)/t10?,13-/m0/s1. The Balaban J connectivity index is 2.59. The molecule has 1 amide bonds. The van der Waals surface area contributed by atoms with Gasteiger partial charge in [0.15, 0.2) is 0 Å². The lowest BCUT2D eigenvalue weighted by atomic mass is 9.99. The van der Waals surface area contributed by atoms with Crippen LogP contribution in [0.1, 0.15) is 18.9 Å². The zero-order valence-corrected chi connectivity index (χ0v) is 13.8. The van der Waals surface area contributed by atoms with Crippen LogP contribution in [0.4, 0.5) is 0 Å². The number of hydrogen-bond donors (Lipinski definition) is 3. The van der Waals surface area contributed by atoms with Gasteiger partial charge in [-0.25, -0.2) is 4.79 Å². The van der Waals surface area contributed by atoms with Gasteiger partial charge in [-0.3, -0.25) is 14.1 Å². The molecule has 0 aromatic heterocycles. The van der Waals surface area contributed by atoms with E-state index in [1.165, 1.54) is 6.92 Å². The van der Waals surface area contributed by atoms with Crippen LogP contribution in [0.2, 0.25) is 0 Å². The molecule has 0 saturated carbocycles. The maximum atomic E-state index is 11.9. The SMILES string of the molecule is CC(CC(=O)Cc1ccccc1)C(=O)N[C@@H](CS(=O)(=O)O)C(=O)O. The Morgan fingerprint density at radius 3 is 2.25 bits per heavy atom. The van der Waals surface area contributed by atoms with Crippen molar-refractivity contribution in [1.82, 2.24) is 5.32 Å². The Kier molecular flexibility index (Phi) is 7.05. The molecule has 0 aliphatic carbocycles. The fraction of sp³-hybridized carbons (Fsp3) is 0.400. The Morgan fingerprint density at radius 2 is 1.75 bits per heavy atom. The molecule has 1 unspecified atom stereocenters. The van der Waals surface area contributed by atoms with Gasteiger partial charge in [0, 0.05) is 18.8 Å². The molecule has 0 fully saturated rings. The van der Waals surface area contributed by atoms with E-state index in [0.29, 0.717) is 0 Å². The fourth-order valence-electron chi connectivity index (χ4n) is 2.03. The molecule has 9 heteroatoms. The van der Waals surface area contributed by atoms with Crippen molar-refractivity contribution in [2.45, 2.75) is 25.8 Å². The van der Waals surface area contributed by atoms with Crippen LogP contribution in [0.25, 0.3) is 0 Å². The van der Waals surface area contributed by atoms with Gasteiger partial charge in [-0.2, -0.15) is 8.42 Å². The van der Waals surface area contributed by atoms with Crippen molar-refractivity contribution in [3.05, 3.63) is 35.9 Å². The summed E-state index contributed by atoms with van der Waals surface area (Å²) >= 11 is 0. The minimum absolute atomic E-state index is 0.112. The molecule has 132 valence electrons. The van der Waals surface area contributed by atoms with Crippen molar-refractivity contribution in [3.8, 4) is 0 Å². The highest BCUT2D eigenvalue weighted by Crippen LogP contribution is 2.08. The second-order valence-corrected chi connectivity index (χ2v) is 6.95. The molecule has 0 heterocycles. The van der Waals surface area contributed by atoms with Gasteiger partial charge >= 0.3 is 5.97 Å². The Morgan fingerprint density at radius 1 is 1.17 bits per heavy atom. The number of hydrogen-bond acceptors (Lipinski definition) is 5. The van der Waals surface area contributed by atoms with E-state index in [1.807, 2.05) is 11.4 Å². The highest BCUT2D eigenvalue weighted by Gasteiger charge is 2.28. The summed E-state index contributed by atoms with van der Waals surface area (Å²) in [6.45, 7) is 1.44. The van der Waals surface area contributed by atoms with Gasteiger partial charge in [-0.15, -0.1) is 0 Å². The van der Waals surface area contributed by atoms with Crippen molar-refractivity contribution in [2.24, 2.45) is 5.92 Å². The number of rotatable bonds is 9. The van der Waals surface area contributed by atoms with E-state index in [0.717, 1.165) is 5.56 Å². The van der Waals surface area contributed by atoms with Crippen molar-refractivity contribution < 1.29 is 32.5 Å². The van der Waals surface area contributed by atoms with E-state index in [4.69, 9.17) is 9.66 Å². The van der Waals surface area contributed by atoms with E-state index in [-0.39, 0.29) is 18.6 Å². The molecule has 0 spiro atoms. The molecule has 1 rings (SSSR count). The van der Waals surface area contributed by atoms with Crippen LogP contribution < -0.4 is 5.32 Å². The van der Waals surface area contributed by atoms with Gasteiger partial charge in [0.05, 0.1) is 0 Å². The summed E-state index contributed by atoms with van der Waals surface area (Å²) in [5.74, 6) is -4.54. The van der Waals surface area contributed by atoms with Crippen LogP contribution in [-0.4, -0.2) is 47.5 Å². The maximum absolute atomic E-state index is 11.9. The number of carboxylic acids is 1. The molecule has 0 aliphatic rings. The lowest BCUT2D eigenvalue weighted by molar-refractivity contribution is -0.141. The number of nitrogens with one attached hydrogen (secondary N) is 1. The number of carbonyl (C=O) groups is 3. The zero-order chi connectivity index (χ0) is 18.3. The van der Waals surface area contributed by atoms with Gasteiger partial charge in [0.25, 0.3) is 10.1 Å². The van der Waals surface area contributed by atoms with Crippen LogP contribution in [0.5, 0.6) is 0 Å². The summed E-state index contributed by atoms with van der Waals surface area (Å²) in [5, 5.41) is 10.9. The highest BCUT2D eigenvalue weighted by atomic mass is 32.2. The summed E-state index contributed by atoms with van der Waals surface area (Å²) < 4.78 is 30.2. The predicted octanol–water partition coefficient (Wildman–Crippen LogP) is 0.282. The minimum atomic E-state index is -4.57. The molecule has 0 radical (unpaired) electrons. The van der Waals surface area contributed by atoms with Gasteiger partial charge in [-0.05, 0) is 5.56 Å². The number of carbonyl (C=O) groups excluding carboxylic acids is 2. The molecular formula is C15H19NO7S. The van der Waals surface area contributed by atoms with Crippen molar-refractivity contribution in [2.75, 3.05) is 5.75 Å². The molecule has 3 N–H and O–H groups in total. The van der Waals surface area contributed by atoms with E-state index in [1.54, 1.807) is 24.3 Å². The molecule has 24 heavy (non-hydrogen) atoms. The number of Topliss-reactive ketones (excluding diaryl/α,β-unsaturated/α-hetero) is 1. The molecule has 1 aromatic rings. The van der Waals surface area contributed by atoms with Crippen LogP contribution in [0, 0.1) is 5.92 Å². The summed E-state index contributed by atoms with van der Waals surface area (Å²) in [7, 11) is -4.57.